The van der Waals surface area contributed by atoms with Crippen LogP contribution in [0.5, 0.6) is 0 Å². The molecule has 0 aliphatic carbocycles. The lowest BCUT2D eigenvalue weighted by atomic mass is 9.92. The Balaban J connectivity index is 2.24. The van der Waals surface area contributed by atoms with Crippen molar-refractivity contribution in [3.8, 4) is 0 Å². The summed E-state index contributed by atoms with van der Waals surface area (Å²) in [6, 6.07) is 13.0. The van der Waals surface area contributed by atoms with E-state index in [1.54, 1.807) is 6.07 Å². The molecule has 0 fully saturated rings. The van der Waals surface area contributed by atoms with E-state index in [0.29, 0.717) is 21.5 Å². The maximum absolute atomic E-state index is 9.57. The van der Waals surface area contributed by atoms with E-state index >= 15 is 0 Å². The molecule has 19 heavy (non-hydrogen) atoms. The van der Waals surface area contributed by atoms with Crippen LogP contribution in [-0.2, 0) is 6.42 Å². The first-order valence-electron chi connectivity index (χ1n) is 5.91. The molecule has 2 aromatic carbocycles. The molecule has 0 aliphatic rings. The van der Waals surface area contributed by atoms with Crippen LogP contribution in [0, 0.1) is 0 Å². The average molecular weight is 316 g/mol. The second-order valence-corrected chi connectivity index (χ2v) is 5.58. The monoisotopic (exact) mass is 314 g/mol. The maximum atomic E-state index is 9.57. The van der Waals surface area contributed by atoms with Gasteiger partial charge in [-0.05, 0) is 35.7 Å². The van der Waals surface area contributed by atoms with Crippen molar-refractivity contribution in [3.63, 3.8) is 0 Å². The summed E-state index contributed by atoms with van der Waals surface area (Å²) in [7, 11) is 0. The van der Waals surface area contributed by atoms with Crippen molar-refractivity contribution in [2.75, 3.05) is 6.61 Å². The van der Waals surface area contributed by atoms with Gasteiger partial charge in [-0.2, -0.15) is 0 Å². The van der Waals surface area contributed by atoms with E-state index in [4.69, 9.17) is 34.8 Å². The normalized spacial score (nSPS) is 12.4. The fraction of sp³-hybridized carbons (Fsp3) is 0.200. The molecule has 100 valence electrons. The standard InChI is InChI=1S/C15H13Cl3O/c16-13-4-2-1-3-12(13)11(9-19)7-10-5-6-14(17)15(18)8-10/h1-6,8,11,19H,7,9H2. The topological polar surface area (TPSA) is 20.2 Å². The zero-order valence-electron chi connectivity index (χ0n) is 10.1. The van der Waals surface area contributed by atoms with Gasteiger partial charge in [-0.3, -0.25) is 0 Å². The maximum Gasteiger partial charge on any atom is 0.0595 e. The summed E-state index contributed by atoms with van der Waals surface area (Å²) < 4.78 is 0. The Morgan fingerprint density at radius 1 is 0.895 bits per heavy atom. The molecule has 0 aromatic heterocycles. The van der Waals surface area contributed by atoms with Crippen molar-refractivity contribution < 1.29 is 5.11 Å². The fourth-order valence-corrected chi connectivity index (χ4v) is 2.64. The predicted molar refractivity (Wildman–Crippen MR) is 81.4 cm³/mol. The third kappa shape index (κ3) is 3.64. The summed E-state index contributed by atoms with van der Waals surface area (Å²) in [5.74, 6) is -0.0501. The van der Waals surface area contributed by atoms with Crippen molar-refractivity contribution in [3.05, 3.63) is 68.7 Å². The molecule has 0 saturated carbocycles. The van der Waals surface area contributed by atoms with E-state index in [0.717, 1.165) is 11.1 Å². The van der Waals surface area contributed by atoms with Gasteiger partial charge < -0.3 is 5.11 Å². The Morgan fingerprint density at radius 2 is 1.63 bits per heavy atom. The minimum Gasteiger partial charge on any atom is -0.396 e. The third-order valence-electron chi connectivity index (χ3n) is 3.03. The van der Waals surface area contributed by atoms with Gasteiger partial charge in [0.05, 0.1) is 16.7 Å². The van der Waals surface area contributed by atoms with Gasteiger partial charge in [-0.25, -0.2) is 0 Å². The van der Waals surface area contributed by atoms with Crippen LogP contribution in [0.4, 0.5) is 0 Å². The molecular formula is C15H13Cl3O. The number of rotatable bonds is 4. The lowest BCUT2D eigenvalue weighted by Gasteiger charge is -2.16. The number of halogens is 3. The predicted octanol–water partition coefficient (Wildman–Crippen LogP) is 4.97. The van der Waals surface area contributed by atoms with Gasteiger partial charge in [0.15, 0.2) is 0 Å². The van der Waals surface area contributed by atoms with Gasteiger partial charge in [0, 0.05) is 10.9 Å². The summed E-state index contributed by atoms with van der Waals surface area (Å²) in [5.41, 5.74) is 1.96. The van der Waals surface area contributed by atoms with Crippen LogP contribution < -0.4 is 0 Å². The smallest absolute Gasteiger partial charge is 0.0595 e. The zero-order chi connectivity index (χ0) is 13.8. The van der Waals surface area contributed by atoms with Gasteiger partial charge >= 0.3 is 0 Å². The van der Waals surface area contributed by atoms with E-state index < -0.39 is 0 Å². The lowest BCUT2D eigenvalue weighted by Crippen LogP contribution is -2.08. The van der Waals surface area contributed by atoms with Crippen LogP contribution in [0.2, 0.25) is 15.1 Å². The molecule has 1 atom stereocenters. The number of aliphatic hydroxyl groups excluding tert-OH is 1. The average Bonchev–Trinajstić information content (AvgIpc) is 2.41. The highest BCUT2D eigenvalue weighted by Gasteiger charge is 2.14. The second kappa shape index (κ2) is 6.62. The summed E-state index contributed by atoms with van der Waals surface area (Å²) in [5, 5.41) is 11.3. The molecule has 0 bridgehead atoms. The van der Waals surface area contributed by atoms with Crippen LogP contribution in [0.1, 0.15) is 17.0 Å². The first kappa shape index (κ1) is 14.7. The quantitative estimate of drug-likeness (QED) is 0.845. The Hall–Kier alpha value is -0.730. The molecule has 0 saturated heterocycles. The van der Waals surface area contributed by atoms with Crippen molar-refractivity contribution in [2.24, 2.45) is 0 Å². The SMILES string of the molecule is OCC(Cc1ccc(Cl)c(Cl)c1)c1ccccc1Cl. The number of hydrogen-bond donors (Lipinski definition) is 1. The van der Waals surface area contributed by atoms with Gasteiger partial charge in [-0.15, -0.1) is 0 Å². The molecule has 0 radical (unpaired) electrons. The van der Waals surface area contributed by atoms with Crippen LogP contribution in [0.3, 0.4) is 0 Å². The minimum atomic E-state index is -0.0501. The molecule has 1 nitrogen and oxygen atoms in total. The van der Waals surface area contributed by atoms with Gasteiger partial charge in [0.2, 0.25) is 0 Å². The van der Waals surface area contributed by atoms with E-state index in [2.05, 4.69) is 0 Å². The second-order valence-electron chi connectivity index (χ2n) is 4.35. The van der Waals surface area contributed by atoms with Crippen LogP contribution in [0.25, 0.3) is 0 Å². The molecule has 2 rings (SSSR count). The Bertz CT molecular complexity index is 569. The molecule has 4 heteroatoms. The molecular weight excluding hydrogens is 303 g/mol. The lowest BCUT2D eigenvalue weighted by molar-refractivity contribution is 0.264. The van der Waals surface area contributed by atoms with Crippen molar-refractivity contribution in [1.29, 1.82) is 0 Å². The van der Waals surface area contributed by atoms with E-state index in [9.17, 15) is 5.11 Å². The highest BCUT2D eigenvalue weighted by Crippen LogP contribution is 2.29. The highest BCUT2D eigenvalue weighted by molar-refractivity contribution is 6.42. The molecule has 2 aromatic rings. The van der Waals surface area contributed by atoms with Crippen LogP contribution in [-0.4, -0.2) is 11.7 Å². The van der Waals surface area contributed by atoms with E-state index in [-0.39, 0.29) is 12.5 Å². The van der Waals surface area contributed by atoms with E-state index in [1.165, 1.54) is 0 Å². The Kier molecular flexibility index (Phi) is 5.12. The first-order valence-corrected chi connectivity index (χ1v) is 7.04. The van der Waals surface area contributed by atoms with E-state index in [1.807, 2.05) is 36.4 Å². The summed E-state index contributed by atoms with van der Waals surface area (Å²) >= 11 is 18.1. The fourth-order valence-electron chi connectivity index (χ4n) is 2.03. The third-order valence-corrected chi connectivity index (χ3v) is 4.11. The molecule has 0 spiro atoms. The molecule has 0 aliphatic heterocycles. The molecule has 0 heterocycles. The van der Waals surface area contributed by atoms with Crippen LogP contribution in [0.15, 0.2) is 42.5 Å². The number of benzene rings is 2. The molecule has 1 unspecified atom stereocenters. The van der Waals surface area contributed by atoms with Gasteiger partial charge in [0.1, 0.15) is 0 Å². The summed E-state index contributed by atoms with van der Waals surface area (Å²) in [6.07, 6.45) is 0.664. The number of aliphatic hydroxyl groups is 1. The number of hydrogen-bond acceptors (Lipinski definition) is 1. The Morgan fingerprint density at radius 3 is 2.26 bits per heavy atom. The first-order chi connectivity index (χ1) is 9.11. The molecule has 0 amide bonds. The Labute approximate surface area is 127 Å². The largest absolute Gasteiger partial charge is 0.396 e. The summed E-state index contributed by atoms with van der Waals surface area (Å²) in [6.45, 7) is 0.0317. The zero-order valence-corrected chi connectivity index (χ0v) is 12.4. The van der Waals surface area contributed by atoms with Crippen molar-refractivity contribution >= 4 is 34.8 Å². The molecule has 1 N–H and O–H groups in total. The van der Waals surface area contributed by atoms with Gasteiger partial charge in [-0.1, -0.05) is 59.1 Å². The minimum absolute atomic E-state index is 0.0317. The summed E-state index contributed by atoms with van der Waals surface area (Å²) in [4.78, 5) is 0. The van der Waals surface area contributed by atoms with Crippen LogP contribution >= 0.6 is 34.8 Å². The van der Waals surface area contributed by atoms with Gasteiger partial charge in [0.25, 0.3) is 0 Å². The van der Waals surface area contributed by atoms with Crippen molar-refractivity contribution in [1.82, 2.24) is 0 Å². The highest BCUT2D eigenvalue weighted by atomic mass is 35.5. The van der Waals surface area contributed by atoms with Crippen molar-refractivity contribution in [2.45, 2.75) is 12.3 Å².